The first-order valence-corrected chi connectivity index (χ1v) is 9.82. The molecule has 0 radical (unpaired) electrons. The van der Waals surface area contributed by atoms with Gasteiger partial charge in [0.1, 0.15) is 11.4 Å². The summed E-state index contributed by atoms with van der Waals surface area (Å²) in [5.41, 5.74) is 2.15. The fraction of sp³-hybridized carbons (Fsp3) is 0.381. The van der Waals surface area contributed by atoms with E-state index in [1.807, 2.05) is 36.9 Å². The minimum atomic E-state index is -0.380. The van der Waals surface area contributed by atoms with Crippen molar-refractivity contribution in [1.29, 1.82) is 0 Å². The van der Waals surface area contributed by atoms with Crippen molar-refractivity contribution in [2.24, 2.45) is 0 Å². The number of rotatable bonds is 7. The Hall–Kier alpha value is -3.29. The first-order chi connectivity index (χ1) is 14.0. The summed E-state index contributed by atoms with van der Waals surface area (Å²) in [5, 5.41) is 14.3. The van der Waals surface area contributed by atoms with Gasteiger partial charge in [-0.3, -0.25) is 14.9 Å². The molecule has 0 saturated carbocycles. The van der Waals surface area contributed by atoms with Crippen molar-refractivity contribution in [1.82, 2.24) is 4.90 Å². The molecule has 1 aliphatic rings. The second-order valence-electron chi connectivity index (χ2n) is 6.73. The summed E-state index contributed by atoms with van der Waals surface area (Å²) in [6.07, 6.45) is 0. The average Bonchev–Trinajstić information content (AvgIpc) is 2.74. The maximum absolute atomic E-state index is 12.8. The Labute approximate surface area is 170 Å². The van der Waals surface area contributed by atoms with E-state index in [-0.39, 0.29) is 16.5 Å². The molecule has 0 atom stereocenters. The predicted octanol–water partition coefficient (Wildman–Crippen LogP) is 3.39. The third kappa shape index (κ3) is 4.77. The van der Waals surface area contributed by atoms with Gasteiger partial charge in [-0.25, -0.2) is 0 Å². The number of benzene rings is 2. The maximum Gasteiger partial charge on any atom is 0.292 e. The highest BCUT2D eigenvalue weighted by Crippen LogP contribution is 2.30. The van der Waals surface area contributed by atoms with Crippen LogP contribution in [0.2, 0.25) is 0 Å². The fourth-order valence-electron chi connectivity index (χ4n) is 3.42. The minimum absolute atomic E-state index is 0.00439. The number of piperazine rings is 1. The molecular weight excluding hydrogens is 372 g/mol. The van der Waals surface area contributed by atoms with E-state index in [0.717, 1.165) is 11.4 Å². The molecule has 0 aromatic heterocycles. The molecule has 1 aliphatic heterocycles. The Morgan fingerprint density at radius 1 is 1.10 bits per heavy atom. The lowest BCUT2D eigenvalue weighted by molar-refractivity contribution is -0.383. The van der Waals surface area contributed by atoms with Gasteiger partial charge in [0.25, 0.3) is 11.6 Å². The van der Waals surface area contributed by atoms with Crippen LogP contribution in [-0.2, 0) is 0 Å². The SMILES string of the molecule is CCNc1cc(N2CCN(C(=O)c3ccc(OCC)cc3)CC2)ccc1[N+](=O)[O-]. The van der Waals surface area contributed by atoms with E-state index in [2.05, 4.69) is 10.2 Å². The number of amides is 1. The third-order valence-corrected chi connectivity index (χ3v) is 4.89. The lowest BCUT2D eigenvalue weighted by Crippen LogP contribution is -2.48. The van der Waals surface area contributed by atoms with Gasteiger partial charge in [-0.2, -0.15) is 0 Å². The molecule has 0 bridgehead atoms. The second-order valence-corrected chi connectivity index (χ2v) is 6.73. The Morgan fingerprint density at radius 2 is 1.79 bits per heavy atom. The van der Waals surface area contributed by atoms with Gasteiger partial charge in [-0.15, -0.1) is 0 Å². The Kier molecular flexibility index (Phi) is 6.54. The molecule has 3 rings (SSSR count). The molecule has 1 fully saturated rings. The van der Waals surface area contributed by atoms with E-state index in [1.165, 1.54) is 6.07 Å². The van der Waals surface area contributed by atoms with E-state index < -0.39 is 0 Å². The van der Waals surface area contributed by atoms with E-state index >= 15 is 0 Å². The average molecular weight is 398 g/mol. The minimum Gasteiger partial charge on any atom is -0.494 e. The number of anilines is 2. The van der Waals surface area contributed by atoms with Crippen molar-refractivity contribution in [3.63, 3.8) is 0 Å². The molecule has 1 N–H and O–H groups in total. The van der Waals surface area contributed by atoms with Crippen LogP contribution in [-0.4, -0.2) is 55.1 Å². The molecule has 1 heterocycles. The zero-order valence-electron chi connectivity index (χ0n) is 16.8. The smallest absolute Gasteiger partial charge is 0.292 e. The summed E-state index contributed by atoms with van der Waals surface area (Å²) in [6, 6.07) is 12.3. The number of hydrogen-bond donors (Lipinski definition) is 1. The van der Waals surface area contributed by atoms with Gasteiger partial charge in [0, 0.05) is 50.0 Å². The van der Waals surface area contributed by atoms with Crippen LogP contribution in [0.5, 0.6) is 5.75 Å². The predicted molar refractivity (Wildman–Crippen MR) is 113 cm³/mol. The Balaban J connectivity index is 1.64. The van der Waals surface area contributed by atoms with Crippen LogP contribution >= 0.6 is 0 Å². The first kappa shape index (κ1) is 20.4. The van der Waals surface area contributed by atoms with Gasteiger partial charge in [-0.05, 0) is 50.2 Å². The van der Waals surface area contributed by atoms with Crippen LogP contribution in [0.3, 0.4) is 0 Å². The van der Waals surface area contributed by atoms with Crippen LogP contribution in [0.15, 0.2) is 42.5 Å². The van der Waals surface area contributed by atoms with Crippen LogP contribution < -0.4 is 15.0 Å². The summed E-state index contributed by atoms with van der Waals surface area (Å²) in [5.74, 6) is 0.758. The van der Waals surface area contributed by atoms with E-state index in [1.54, 1.807) is 18.2 Å². The number of hydrogen-bond acceptors (Lipinski definition) is 6. The lowest BCUT2D eigenvalue weighted by Gasteiger charge is -2.36. The number of carbonyl (C=O) groups is 1. The van der Waals surface area contributed by atoms with Gasteiger partial charge in [0.05, 0.1) is 11.5 Å². The highest BCUT2D eigenvalue weighted by atomic mass is 16.6. The number of nitrogens with one attached hydrogen (secondary N) is 1. The highest BCUT2D eigenvalue weighted by Gasteiger charge is 2.24. The summed E-state index contributed by atoms with van der Waals surface area (Å²) in [6.45, 7) is 7.56. The number of carbonyl (C=O) groups excluding carboxylic acids is 1. The van der Waals surface area contributed by atoms with Gasteiger partial charge < -0.3 is 19.9 Å². The van der Waals surface area contributed by atoms with Crippen molar-refractivity contribution in [2.45, 2.75) is 13.8 Å². The van der Waals surface area contributed by atoms with Crippen LogP contribution in [0.4, 0.5) is 17.1 Å². The fourth-order valence-corrected chi connectivity index (χ4v) is 3.42. The Morgan fingerprint density at radius 3 is 2.38 bits per heavy atom. The molecule has 0 unspecified atom stereocenters. The van der Waals surface area contributed by atoms with Crippen molar-refractivity contribution >= 4 is 23.0 Å². The standard InChI is InChI=1S/C21H26N4O4/c1-3-22-19-15-17(7-10-20(19)25(27)28)23-11-13-24(14-12-23)21(26)16-5-8-18(9-6-16)29-4-2/h5-10,15,22H,3-4,11-14H2,1-2H3. The van der Waals surface area contributed by atoms with Crippen molar-refractivity contribution < 1.29 is 14.5 Å². The Bertz CT molecular complexity index is 861. The van der Waals surface area contributed by atoms with Crippen LogP contribution in [0.1, 0.15) is 24.2 Å². The lowest BCUT2D eigenvalue weighted by atomic mass is 10.1. The molecule has 1 amide bonds. The highest BCUT2D eigenvalue weighted by molar-refractivity contribution is 5.94. The largest absolute Gasteiger partial charge is 0.494 e. The van der Waals surface area contributed by atoms with Crippen molar-refractivity contribution in [3.05, 3.63) is 58.1 Å². The normalized spacial score (nSPS) is 13.9. The number of nitro benzene ring substituents is 1. The molecule has 0 spiro atoms. The number of nitrogens with zero attached hydrogens (tertiary/aromatic N) is 3. The summed E-state index contributed by atoms with van der Waals surface area (Å²) in [7, 11) is 0. The third-order valence-electron chi connectivity index (χ3n) is 4.89. The molecule has 2 aromatic carbocycles. The zero-order chi connectivity index (χ0) is 20.8. The number of ether oxygens (including phenoxy) is 1. The van der Waals surface area contributed by atoms with E-state index in [4.69, 9.17) is 4.74 Å². The molecular formula is C21H26N4O4. The van der Waals surface area contributed by atoms with Crippen molar-refractivity contribution in [2.75, 3.05) is 49.5 Å². The molecule has 8 heteroatoms. The van der Waals surface area contributed by atoms with Crippen LogP contribution in [0.25, 0.3) is 0 Å². The topological polar surface area (TPSA) is 88.0 Å². The van der Waals surface area contributed by atoms with Crippen LogP contribution in [0, 0.1) is 10.1 Å². The summed E-state index contributed by atoms with van der Waals surface area (Å²) in [4.78, 5) is 27.5. The number of nitro groups is 1. The first-order valence-electron chi connectivity index (χ1n) is 9.82. The van der Waals surface area contributed by atoms with Gasteiger partial charge in [0.2, 0.25) is 0 Å². The zero-order valence-corrected chi connectivity index (χ0v) is 16.8. The van der Waals surface area contributed by atoms with E-state index in [9.17, 15) is 14.9 Å². The van der Waals surface area contributed by atoms with Gasteiger partial charge >= 0.3 is 0 Å². The maximum atomic E-state index is 12.8. The molecule has 8 nitrogen and oxygen atoms in total. The molecule has 1 saturated heterocycles. The molecule has 154 valence electrons. The molecule has 0 aliphatic carbocycles. The monoisotopic (exact) mass is 398 g/mol. The molecule has 29 heavy (non-hydrogen) atoms. The van der Waals surface area contributed by atoms with Crippen molar-refractivity contribution in [3.8, 4) is 5.75 Å². The molecule has 2 aromatic rings. The van der Waals surface area contributed by atoms with E-state index in [0.29, 0.717) is 50.6 Å². The summed E-state index contributed by atoms with van der Waals surface area (Å²) < 4.78 is 5.42. The van der Waals surface area contributed by atoms with Gasteiger partial charge in [-0.1, -0.05) is 0 Å². The second kappa shape index (κ2) is 9.27. The summed E-state index contributed by atoms with van der Waals surface area (Å²) >= 11 is 0. The van der Waals surface area contributed by atoms with Gasteiger partial charge in [0.15, 0.2) is 0 Å². The quantitative estimate of drug-likeness (QED) is 0.568.